The maximum atomic E-state index is 4.43. The number of guanidine groups is 1. The van der Waals surface area contributed by atoms with Gasteiger partial charge in [0.25, 0.3) is 0 Å². The molecule has 6 heteroatoms. The molecule has 0 radical (unpaired) electrons. The topological polar surface area (TPSA) is 48.7 Å². The summed E-state index contributed by atoms with van der Waals surface area (Å²) in [4.78, 5) is 9.18. The Kier molecular flexibility index (Phi) is 5.36. The van der Waals surface area contributed by atoms with Crippen molar-refractivity contribution >= 4 is 11.6 Å². The molecule has 0 bridgehead atoms. The summed E-state index contributed by atoms with van der Waals surface area (Å²) in [5.41, 5.74) is 2.49. The number of benzene rings is 1. The maximum absolute atomic E-state index is 4.43. The average molecular weight is 326 g/mol. The number of anilines is 1. The molecule has 3 rings (SSSR count). The number of aliphatic imine (C=N–C) groups is 1. The second kappa shape index (κ2) is 7.86. The molecule has 6 nitrogen and oxygen atoms in total. The Morgan fingerprint density at radius 3 is 2.54 bits per heavy atom. The van der Waals surface area contributed by atoms with Crippen molar-refractivity contribution < 1.29 is 0 Å². The molecular weight excluding hydrogens is 300 g/mol. The lowest BCUT2D eigenvalue weighted by Gasteiger charge is -2.37. The Morgan fingerprint density at radius 1 is 1.17 bits per heavy atom. The summed E-state index contributed by atoms with van der Waals surface area (Å²) >= 11 is 0. The molecule has 0 unspecified atom stereocenters. The van der Waals surface area contributed by atoms with Crippen LogP contribution in [0.15, 0.2) is 47.7 Å². The lowest BCUT2D eigenvalue weighted by Crippen LogP contribution is -2.52. The standard InChI is InChI=1S/C18H26N6/c1-16-14-21-24(15-16)9-8-20-18(19-2)23-12-10-22(11-13-23)17-6-4-3-5-7-17/h3-7,14-15H,8-13H2,1-2H3,(H,19,20). The molecule has 1 aromatic carbocycles. The van der Waals surface area contributed by atoms with Crippen LogP contribution in [-0.4, -0.2) is 60.4 Å². The first kappa shape index (κ1) is 16.4. The average Bonchev–Trinajstić information content (AvgIpc) is 3.05. The van der Waals surface area contributed by atoms with Gasteiger partial charge in [0.1, 0.15) is 0 Å². The van der Waals surface area contributed by atoms with Gasteiger partial charge in [0.15, 0.2) is 5.96 Å². The smallest absolute Gasteiger partial charge is 0.193 e. The zero-order valence-corrected chi connectivity index (χ0v) is 14.5. The van der Waals surface area contributed by atoms with Crippen LogP contribution in [-0.2, 0) is 6.54 Å². The first-order chi connectivity index (χ1) is 11.8. The highest BCUT2D eigenvalue weighted by atomic mass is 15.4. The summed E-state index contributed by atoms with van der Waals surface area (Å²) in [5, 5.41) is 7.76. The highest BCUT2D eigenvalue weighted by Gasteiger charge is 2.19. The van der Waals surface area contributed by atoms with Crippen LogP contribution in [0.2, 0.25) is 0 Å². The Hall–Kier alpha value is -2.50. The van der Waals surface area contributed by atoms with Crippen LogP contribution in [0.5, 0.6) is 0 Å². The van der Waals surface area contributed by atoms with Crippen molar-refractivity contribution in [3.05, 3.63) is 48.3 Å². The molecule has 1 aliphatic rings. The SMILES string of the molecule is CN=C(NCCn1cc(C)cn1)N1CCN(c2ccccc2)CC1. The van der Waals surface area contributed by atoms with E-state index in [-0.39, 0.29) is 0 Å². The number of para-hydroxylation sites is 1. The molecule has 0 saturated carbocycles. The largest absolute Gasteiger partial charge is 0.368 e. The molecule has 128 valence electrons. The van der Waals surface area contributed by atoms with Crippen LogP contribution in [0.1, 0.15) is 5.56 Å². The molecule has 2 heterocycles. The molecule has 24 heavy (non-hydrogen) atoms. The van der Waals surface area contributed by atoms with Gasteiger partial charge >= 0.3 is 0 Å². The predicted molar refractivity (Wildman–Crippen MR) is 98.6 cm³/mol. The summed E-state index contributed by atoms with van der Waals surface area (Å²) in [6, 6.07) is 10.6. The van der Waals surface area contributed by atoms with Gasteiger partial charge in [-0.1, -0.05) is 18.2 Å². The Bertz CT molecular complexity index is 655. The summed E-state index contributed by atoms with van der Waals surface area (Å²) in [7, 11) is 1.85. The van der Waals surface area contributed by atoms with Crippen LogP contribution >= 0.6 is 0 Å². The third-order valence-electron chi connectivity index (χ3n) is 4.30. The highest BCUT2D eigenvalue weighted by Crippen LogP contribution is 2.15. The van der Waals surface area contributed by atoms with Crippen LogP contribution in [0.25, 0.3) is 0 Å². The van der Waals surface area contributed by atoms with Crippen molar-refractivity contribution in [2.45, 2.75) is 13.5 Å². The van der Waals surface area contributed by atoms with Gasteiger partial charge in [-0.25, -0.2) is 0 Å². The quantitative estimate of drug-likeness (QED) is 0.685. The van der Waals surface area contributed by atoms with E-state index in [4.69, 9.17) is 0 Å². The molecule has 1 fully saturated rings. The molecule has 0 atom stereocenters. The van der Waals surface area contributed by atoms with Crippen LogP contribution in [0, 0.1) is 6.92 Å². The van der Waals surface area contributed by atoms with Crippen molar-refractivity contribution in [2.75, 3.05) is 44.7 Å². The molecule has 1 saturated heterocycles. The number of aryl methyl sites for hydroxylation is 1. The number of nitrogens with one attached hydrogen (secondary N) is 1. The fourth-order valence-corrected chi connectivity index (χ4v) is 3.02. The summed E-state index contributed by atoms with van der Waals surface area (Å²) in [5.74, 6) is 0.978. The van der Waals surface area contributed by atoms with Gasteiger partial charge in [0.05, 0.1) is 12.7 Å². The number of hydrogen-bond donors (Lipinski definition) is 1. The molecule has 0 spiro atoms. The monoisotopic (exact) mass is 326 g/mol. The Labute approximate surface area is 143 Å². The van der Waals surface area contributed by atoms with E-state index in [1.807, 2.05) is 17.9 Å². The molecule has 0 aliphatic carbocycles. The number of aromatic nitrogens is 2. The summed E-state index contributed by atoms with van der Waals surface area (Å²) < 4.78 is 1.96. The van der Waals surface area contributed by atoms with Crippen LogP contribution < -0.4 is 10.2 Å². The minimum Gasteiger partial charge on any atom is -0.368 e. The molecule has 1 N–H and O–H groups in total. The van der Waals surface area contributed by atoms with Crippen molar-refractivity contribution in [1.29, 1.82) is 0 Å². The molecule has 0 amide bonds. The van der Waals surface area contributed by atoms with E-state index in [1.54, 1.807) is 0 Å². The third-order valence-corrected chi connectivity index (χ3v) is 4.30. The second-order valence-corrected chi connectivity index (χ2v) is 6.06. The minimum atomic E-state index is 0.826. The zero-order valence-electron chi connectivity index (χ0n) is 14.5. The van der Waals surface area contributed by atoms with E-state index in [0.29, 0.717) is 0 Å². The first-order valence-electron chi connectivity index (χ1n) is 8.51. The van der Waals surface area contributed by atoms with E-state index in [2.05, 4.69) is 68.7 Å². The van der Waals surface area contributed by atoms with Crippen molar-refractivity contribution in [2.24, 2.45) is 4.99 Å². The lowest BCUT2D eigenvalue weighted by atomic mass is 10.2. The van der Waals surface area contributed by atoms with Crippen molar-refractivity contribution in [3.8, 4) is 0 Å². The van der Waals surface area contributed by atoms with E-state index in [1.165, 1.54) is 11.3 Å². The van der Waals surface area contributed by atoms with Gasteiger partial charge in [0, 0.05) is 51.7 Å². The number of rotatable bonds is 4. The van der Waals surface area contributed by atoms with E-state index in [9.17, 15) is 0 Å². The van der Waals surface area contributed by atoms with Crippen LogP contribution in [0.3, 0.4) is 0 Å². The number of piperazine rings is 1. The lowest BCUT2D eigenvalue weighted by molar-refractivity contribution is 0.371. The second-order valence-electron chi connectivity index (χ2n) is 6.06. The van der Waals surface area contributed by atoms with E-state index < -0.39 is 0 Å². The molecular formula is C18H26N6. The van der Waals surface area contributed by atoms with Gasteiger partial charge in [-0.2, -0.15) is 5.10 Å². The van der Waals surface area contributed by atoms with E-state index >= 15 is 0 Å². The minimum absolute atomic E-state index is 0.826. The number of hydrogen-bond acceptors (Lipinski definition) is 3. The molecule has 1 aliphatic heterocycles. The maximum Gasteiger partial charge on any atom is 0.193 e. The highest BCUT2D eigenvalue weighted by molar-refractivity contribution is 5.80. The fourth-order valence-electron chi connectivity index (χ4n) is 3.02. The van der Waals surface area contributed by atoms with Crippen molar-refractivity contribution in [3.63, 3.8) is 0 Å². The van der Waals surface area contributed by atoms with Crippen molar-refractivity contribution in [1.82, 2.24) is 20.0 Å². The zero-order chi connectivity index (χ0) is 16.8. The number of nitrogens with zero attached hydrogens (tertiary/aromatic N) is 5. The van der Waals surface area contributed by atoms with Crippen LogP contribution in [0.4, 0.5) is 5.69 Å². The summed E-state index contributed by atoms with van der Waals surface area (Å²) in [6.45, 7) is 7.72. The predicted octanol–water partition coefficient (Wildman–Crippen LogP) is 1.59. The van der Waals surface area contributed by atoms with Gasteiger partial charge in [-0.3, -0.25) is 9.67 Å². The summed E-state index contributed by atoms with van der Waals surface area (Å²) in [6.07, 6.45) is 3.95. The molecule has 1 aromatic heterocycles. The Balaban J connectivity index is 1.47. The van der Waals surface area contributed by atoms with Gasteiger partial charge in [-0.15, -0.1) is 0 Å². The normalized spacial score (nSPS) is 15.7. The molecule has 2 aromatic rings. The van der Waals surface area contributed by atoms with Gasteiger partial charge in [-0.05, 0) is 24.6 Å². The third kappa shape index (κ3) is 4.07. The fraction of sp³-hybridized carbons (Fsp3) is 0.444. The first-order valence-corrected chi connectivity index (χ1v) is 8.51. The van der Waals surface area contributed by atoms with Gasteiger partial charge < -0.3 is 15.1 Å². The van der Waals surface area contributed by atoms with Gasteiger partial charge in [0.2, 0.25) is 0 Å². The Morgan fingerprint density at radius 2 is 1.92 bits per heavy atom. The van der Waals surface area contributed by atoms with E-state index in [0.717, 1.165) is 45.2 Å².